The Morgan fingerprint density at radius 2 is 1.74 bits per heavy atom. The number of hydrogen-bond donors (Lipinski definition) is 1. The summed E-state index contributed by atoms with van der Waals surface area (Å²) < 4.78 is 36.6. The summed E-state index contributed by atoms with van der Waals surface area (Å²) in [5, 5.41) is 5.61. The van der Waals surface area contributed by atoms with Crippen molar-refractivity contribution in [2.24, 2.45) is 22.4 Å². The number of allylic oxidation sites excluding steroid dienone is 4. The third-order valence-electron chi connectivity index (χ3n) is 10.1. The summed E-state index contributed by atoms with van der Waals surface area (Å²) in [5.74, 6) is 0.445. The van der Waals surface area contributed by atoms with Crippen LogP contribution in [0.3, 0.4) is 0 Å². The number of fused-ring (bicyclic) bond motifs is 2. The Balaban J connectivity index is 1.30. The molecule has 2 N–H and O–H groups in total. The lowest BCUT2D eigenvalue weighted by Gasteiger charge is -2.46. The normalized spacial score (nSPS) is 33.2. The van der Waals surface area contributed by atoms with E-state index in [2.05, 4.69) is 30.7 Å². The minimum atomic E-state index is -3.87. The van der Waals surface area contributed by atoms with Crippen LogP contribution in [0.1, 0.15) is 59.8 Å². The average molecular weight is 553 g/mol. The largest absolute Gasteiger partial charge is 0.500 e. The summed E-state index contributed by atoms with van der Waals surface area (Å²) in [7, 11) is 0.0246. The number of carbonyl (C=O) groups is 1. The zero-order valence-corrected chi connectivity index (χ0v) is 24.9. The van der Waals surface area contributed by atoms with Gasteiger partial charge in [0.15, 0.2) is 0 Å². The molecule has 1 aliphatic carbocycles. The van der Waals surface area contributed by atoms with Crippen molar-refractivity contribution in [2.45, 2.75) is 77.9 Å². The molecule has 4 unspecified atom stereocenters. The number of amides is 1. The molecule has 0 aromatic heterocycles. The van der Waals surface area contributed by atoms with Crippen LogP contribution in [-0.4, -0.2) is 101 Å². The van der Waals surface area contributed by atoms with E-state index in [1.807, 2.05) is 11.8 Å². The number of ether oxygens (including phenoxy) is 2. The third kappa shape index (κ3) is 5.57. The van der Waals surface area contributed by atoms with Crippen molar-refractivity contribution >= 4 is 15.9 Å². The minimum Gasteiger partial charge on any atom is -0.500 e. The Morgan fingerprint density at radius 3 is 2.26 bits per heavy atom. The van der Waals surface area contributed by atoms with Crippen LogP contribution in [-0.2, 0) is 24.3 Å². The maximum absolute atomic E-state index is 13.0. The molecule has 10 heteroatoms. The second-order valence-corrected chi connectivity index (χ2v) is 13.6. The number of nitrogens with two attached hydrogens (primary N) is 1. The van der Waals surface area contributed by atoms with Crippen LogP contribution in [0.15, 0.2) is 22.3 Å². The summed E-state index contributed by atoms with van der Waals surface area (Å²) >= 11 is 0. The Labute approximate surface area is 229 Å². The lowest BCUT2D eigenvalue weighted by Crippen LogP contribution is -2.56. The summed E-state index contributed by atoms with van der Waals surface area (Å²) in [6, 6.07) is 2.09. The Morgan fingerprint density at radius 1 is 1.13 bits per heavy atom. The Kier molecular flexibility index (Phi) is 8.99. The molecule has 9 nitrogen and oxygen atoms in total. The van der Waals surface area contributed by atoms with Gasteiger partial charge in [0.05, 0.1) is 12.0 Å². The highest BCUT2D eigenvalue weighted by atomic mass is 32.2. The molecule has 38 heavy (non-hydrogen) atoms. The van der Waals surface area contributed by atoms with E-state index < -0.39 is 15.4 Å². The van der Waals surface area contributed by atoms with Crippen LogP contribution in [0.25, 0.3) is 0 Å². The van der Waals surface area contributed by atoms with Crippen LogP contribution < -0.4 is 5.14 Å². The van der Waals surface area contributed by atoms with E-state index in [4.69, 9.17) is 14.6 Å². The highest BCUT2D eigenvalue weighted by Crippen LogP contribution is 2.53. The van der Waals surface area contributed by atoms with Crippen LogP contribution in [0.5, 0.6) is 0 Å². The first-order valence-corrected chi connectivity index (χ1v) is 15.8. The topological polar surface area (TPSA) is 105 Å². The zero-order chi connectivity index (χ0) is 27.8. The van der Waals surface area contributed by atoms with Crippen LogP contribution >= 0.6 is 0 Å². The fraction of sp³-hybridized carbons (Fsp3) is 0.821. The van der Waals surface area contributed by atoms with Gasteiger partial charge in [0, 0.05) is 62.2 Å². The van der Waals surface area contributed by atoms with E-state index in [1.54, 1.807) is 20.1 Å². The lowest BCUT2D eigenvalue weighted by atomic mass is 9.62. The van der Waals surface area contributed by atoms with Crippen molar-refractivity contribution < 1.29 is 22.7 Å². The number of primary sulfonamides is 1. The second kappa shape index (κ2) is 11.6. The van der Waals surface area contributed by atoms with E-state index in [-0.39, 0.29) is 29.3 Å². The van der Waals surface area contributed by atoms with Gasteiger partial charge in [-0.1, -0.05) is 20.8 Å². The van der Waals surface area contributed by atoms with Gasteiger partial charge in [-0.05, 0) is 63.6 Å². The van der Waals surface area contributed by atoms with Crippen LogP contribution in [0.2, 0.25) is 0 Å². The molecule has 4 atom stereocenters. The number of sulfonamides is 1. The third-order valence-corrected chi connectivity index (χ3v) is 11.3. The van der Waals surface area contributed by atoms with Gasteiger partial charge in [0.2, 0.25) is 15.9 Å². The van der Waals surface area contributed by atoms with Gasteiger partial charge in [0.25, 0.3) is 0 Å². The molecule has 216 valence electrons. The molecule has 3 fully saturated rings. The number of hydrogen-bond acceptors (Lipinski definition) is 7. The number of carbonyl (C=O) groups excluding carboxylic acids is 1. The van der Waals surface area contributed by atoms with Gasteiger partial charge in [-0.3, -0.25) is 9.69 Å². The summed E-state index contributed by atoms with van der Waals surface area (Å²) in [4.78, 5) is 20.3. The molecule has 1 amide bonds. The summed E-state index contributed by atoms with van der Waals surface area (Å²) in [6.45, 7) is 11.5. The van der Waals surface area contributed by atoms with Crippen molar-refractivity contribution in [3.8, 4) is 0 Å². The molecular formula is C28H48N4O5S. The van der Waals surface area contributed by atoms with E-state index in [0.717, 1.165) is 44.0 Å². The molecular weight excluding hydrogens is 504 g/mol. The predicted octanol–water partition coefficient (Wildman–Crippen LogP) is 2.55. The molecule has 0 saturated carbocycles. The first kappa shape index (κ1) is 29.5. The molecule has 2 bridgehead atoms. The Bertz CT molecular complexity index is 1040. The minimum absolute atomic E-state index is 0.0202. The SMILES string of the molecule is COC1=CC(C)=C(S(N)(=O)=O)C(C)C1(CCOCC(=O)N1CCN(C2CC3CCC(C2)N3C)CC1)C(C)C. The molecule has 0 spiro atoms. The Hall–Kier alpha value is -1.46. The molecule has 4 aliphatic rings. The maximum atomic E-state index is 13.0. The lowest BCUT2D eigenvalue weighted by molar-refractivity contribution is -0.139. The number of methoxy groups -OCH3 is 1. The highest BCUT2D eigenvalue weighted by molar-refractivity contribution is 7.93. The molecule has 4 rings (SSSR count). The predicted molar refractivity (Wildman–Crippen MR) is 149 cm³/mol. The first-order chi connectivity index (χ1) is 17.9. The van der Waals surface area contributed by atoms with Crippen molar-refractivity contribution in [1.29, 1.82) is 0 Å². The first-order valence-electron chi connectivity index (χ1n) is 14.2. The smallest absolute Gasteiger partial charge is 0.248 e. The van der Waals surface area contributed by atoms with Gasteiger partial charge in [-0.2, -0.15) is 0 Å². The maximum Gasteiger partial charge on any atom is 0.248 e. The molecule has 3 aliphatic heterocycles. The van der Waals surface area contributed by atoms with E-state index >= 15 is 0 Å². The standard InChI is InChI=1S/C28H48N4O5S/c1-19(2)28(21(4)27(38(29,34)35)20(3)15-25(28)36-6)9-14-37-18-26(33)32-12-10-31(11-13-32)24-16-22-7-8-23(17-24)30(22)5/h15,19,21-24H,7-14,16-18H2,1-6H3,(H2,29,34,35). The summed E-state index contributed by atoms with van der Waals surface area (Å²) in [6.07, 6.45) is 7.47. The second-order valence-electron chi connectivity index (χ2n) is 12.1. The van der Waals surface area contributed by atoms with Crippen molar-refractivity contribution in [2.75, 3.05) is 53.6 Å². The van der Waals surface area contributed by atoms with Crippen molar-refractivity contribution in [1.82, 2.24) is 14.7 Å². The number of rotatable bonds is 9. The molecule has 0 aromatic rings. The van der Waals surface area contributed by atoms with Gasteiger partial charge in [-0.25, -0.2) is 13.6 Å². The number of piperidine rings is 1. The summed E-state index contributed by atoms with van der Waals surface area (Å²) in [5.41, 5.74) is 0.00863. The highest BCUT2D eigenvalue weighted by Gasteiger charge is 2.50. The van der Waals surface area contributed by atoms with Crippen molar-refractivity contribution in [3.63, 3.8) is 0 Å². The van der Waals surface area contributed by atoms with Crippen LogP contribution in [0.4, 0.5) is 0 Å². The zero-order valence-electron chi connectivity index (χ0n) is 24.1. The quantitative estimate of drug-likeness (QED) is 0.438. The molecule has 3 heterocycles. The average Bonchev–Trinajstić information content (AvgIpc) is 3.05. The van der Waals surface area contributed by atoms with Crippen molar-refractivity contribution in [3.05, 3.63) is 22.3 Å². The molecule has 3 saturated heterocycles. The fourth-order valence-electron chi connectivity index (χ4n) is 7.83. The fourth-order valence-corrected chi connectivity index (χ4v) is 9.04. The molecule has 0 radical (unpaired) electrons. The van der Waals surface area contributed by atoms with Gasteiger partial charge in [-0.15, -0.1) is 0 Å². The van der Waals surface area contributed by atoms with Crippen LogP contribution in [0, 0.1) is 17.3 Å². The van der Waals surface area contributed by atoms with Gasteiger partial charge < -0.3 is 19.3 Å². The van der Waals surface area contributed by atoms with E-state index in [9.17, 15) is 13.2 Å². The van der Waals surface area contributed by atoms with E-state index in [0.29, 0.717) is 24.6 Å². The van der Waals surface area contributed by atoms with E-state index in [1.165, 1.54) is 25.7 Å². The van der Waals surface area contributed by atoms with Gasteiger partial charge >= 0.3 is 0 Å². The van der Waals surface area contributed by atoms with Gasteiger partial charge in [0.1, 0.15) is 12.4 Å². The number of piperazine rings is 1. The number of nitrogens with zero attached hydrogens (tertiary/aromatic N) is 3. The monoisotopic (exact) mass is 552 g/mol. The molecule has 0 aromatic carbocycles.